The maximum Gasteiger partial charge on any atom is 0.417 e. The summed E-state index contributed by atoms with van der Waals surface area (Å²) in [6.45, 7) is -0.00972. The van der Waals surface area contributed by atoms with Crippen LogP contribution in [0.1, 0.15) is 48.3 Å². The normalized spacial score (nSPS) is 16.4. The van der Waals surface area contributed by atoms with Crippen molar-refractivity contribution < 1.29 is 23.1 Å². The molecule has 2 aromatic rings. The van der Waals surface area contributed by atoms with Crippen LogP contribution in [0.25, 0.3) is 0 Å². The summed E-state index contributed by atoms with van der Waals surface area (Å²) in [5, 5.41) is 9.58. The minimum atomic E-state index is -4.52. The summed E-state index contributed by atoms with van der Waals surface area (Å²) in [5.74, 6) is -1.32. The Morgan fingerprint density at radius 1 is 1.11 bits per heavy atom. The summed E-state index contributed by atoms with van der Waals surface area (Å²) in [4.78, 5) is 23.5. The number of carboxylic acids is 1. The van der Waals surface area contributed by atoms with Crippen LogP contribution in [-0.4, -0.2) is 15.6 Å². The third kappa shape index (κ3) is 4.40. The number of nitrogens with zero attached hydrogens (tertiary/aromatic N) is 1. The molecule has 1 aliphatic rings. The Labute approximate surface area is 154 Å². The predicted molar refractivity (Wildman–Crippen MR) is 93.6 cm³/mol. The maximum absolute atomic E-state index is 12.8. The van der Waals surface area contributed by atoms with E-state index in [2.05, 4.69) is 0 Å². The van der Waals surface area contributed by atoms with Gasteiger partial charge in [0.15, 0.2) is 0 Å². The van der Waals surface area contributed by atoms with Crippen LogP contribution in [0, 0.1) is 5.92 Å². The van der Waals surface area contributed by atoms with Crippen LogP contribution in [0.5, 0.6) is 0 Å². The first-order valence-electron chi connectivity index (χ1n) is 8.85. The van der Waals surface area contributed by atoms with Crippen molar-refractivity contribution in [2.45, 2.75) is 44.3 Å². The summed E-state index contributed by atoms with van der Waals surface area (Å²) < 4.78 is 39.5. The fourth-order valence-corrected chi connectivity index (χ4v) is 3.76. The number of rotatable bonds is 5. The van der Waals surface area contributed by atoms with Gasteiger partial charge in [0.05, 0.1) is 18.0 Å². The quantitative estimate of drug-likeness (QED) is 0.844. The molecule has 0 radical (unpaired) electrons. The minimum absolute atomic E-state index is 0.00972. The first kappa shape index (κ1) is 19.2. The molecule has 1 fully saturated rings. The molecule has 27 heavy (non-hydrogen) atoms. The van der Waals surface area contributed by atoms with Crippen molar-refractivity contribution in [3.8, 4) is 0 Å². The van der Waals surface area contributed by atoms with Gasteiger partial charge in [-0.3, -0.25) is 9.59 Å². The molecule has 1 aromatic heterocycles. The lowest BCUT2D eigenvalue weighted by Crippen LogP contribution is -2.22. The molecule has 1 N–H and O–H groups in total. The molecule has 7 heteroatoms. The highest BCUT2D eigenvalue weighted by molar-refractivity contribution is 5.76. The van der Waals surface area contributed by atoms with Gasteiger partial charge in [0, 0.05) is 12.3 Å². The second-order valence-electron chi connectivity index (χ2n) is 6.98. The molecule has 0 bridgehead atoms. The highest BCUT2D eigenvalue weighted by Gasteiger charge is 2.32. The summed E-state index contributed by atoms with van der Waals surface area (Å²) >= 11 is 0. The zero-order valence-electron chi connectivity index (χ0n) is 14.6. The summed E-state index contributed by atoms with van der Waals surface area (Å²) in [7, 11) is 0. The third-order valence-electron chi connectivity index (χ3n) is 5.14. The van der Waals surface area contributed by atoms with E-state index in [1.54, 1.807) is 24.3 Å². The number of aliphatic carboxylic acids is 1. The number of benzene rings is 1. The Morgan fingerprint density at radius 2 is 1.74 bits per heavy atom. The van der Waals surface area contributed by atoms with E-state index >= 15 is 0 Å². The van der Waals surface area contributed by atoms with E-state index in [-0.39, 0.29) is 12.5 Å². The topological polar surface area (TPSA) is 59.3 Å². The Bertz CT molecular complexity index is 865. The number of carboxylic acid groups (broad SMARTS) is 1. The van der Waals surface area contributed by atoms with Crippen LogP contribution < -0.4 is 5.56 Å². The van der Waals surface area contributed by atoms with Gasteiger partial charge in [-0.15, -0.1) is 0 Å². The molecule has 0 amide bonds. The van der Waals surface area contributed by atoms with E-state index < -0.39 is 29.2 Å². The van der Waals surface area contributed by atoms with E-state index in [1.807, 2.05) is 0 Å². The molecule has 0 aliphatic heterocycles. The second kappa shape index (κ2) is 7.58. The fourth-order valence-electron chi connectivity index (χ4n) is 3.76. The fraction of sp³-hybridized carbons (Fsp3) is 0.400. The summed E-state index contributed by atoms with van der Waals surface area (Å²) in [5.41, 5.74) is -0.0855. The van der Waals surface area contributed by atoms with E-state index in [0.29, 0.717) is 11.1 Å². The smallest absolute Gasteiger partial charge is 0.417 e. The van der Waals surface area contributed by atoms with Crippen LogP contribution in [-0.2, 0) is 17.5 Å². The third-order valence-corrected chi connectivity index (χ3v) is 5.14. The van der Waals surface area contributed by atoms with Gasteiger partial charge in [-0.25, -0.2) is 0 Å². The number of halogens is 3. The number of carbonyl (C=O) groups is 1. The second-order valence-corrected chi connectivity index (χ2v) is 6.98. The molecular formula is C20H20F3NO3. The lowest BCUT2D eigenvalue weighted by atomic mass is 9.84. The van der Waals surface area contributed by atoms with Crippen LogP contribution in [0.3, 0.4) is 0 Å². The highest BCUT2D eigenvalue weighted by Crippen LogP contribution is 2.37. The van der Waals surface area contributed by atoms with Crippen LogP contribution in [0.2, 0.25) is 0 Å². The van der Waals surface area contributed by atoms with Crippen molar-refractivity contribution in [1.29, 1.82) is 0 Å². The standard InChI is InChI=1S/C20H20F3NO3/c21-20(22,23)16-9-10-17(25)24(12-16)11-13-5-7-15(8-6-13)18(19(26)27)14-3-1-2-4-14/h5-10,12,14,18H,1-4,11H2,(H,26,27). The first-order chi connectivity index (χ1) is 12.8. The van der Waals surface area contributed by atoms with Crippen molar-refractivity contribution in [2.24, 2.45) is 5.92 Å². The van der Waals surface area contributed by atoms with Gasteiger partial charge in [0.25, 0.3) is 5.56 Å². The molecule has 0 saturated heterocycles. The molecular weight excluding hydrogens is 359 g/mol. The first-order valence-corrected chi connectivity index (χ1v) is 8.85. The Balaban J connectivity index is 1.82. The summed E-state index contributed by atoms with van der Waals surface area (Å²) in [6, 6.07) is 8.41. The molecule has 1 heterocycles. The summed E-state index contributed by atoms with van der Waals surface area (Å²) in [6.07, 6.45) is 0.122. The molecule has 1 atom stereocenters. The van der Waals surface area contributed by atoms with E-state index in [0.717, 1.165) is 48.6 Å². The molecule has 1 aromatic carbocycles. The molecule has 144 valence electrons. The minimum Gasteiger partial charge on any atom is -0.481 e. The molecule has 3 rings (SSSR count). The largest absolute Gasteiger partial charge is 0.481 e. The number of hydrogen-bond donors (Lipinski definition) is 1. The van der Waals surface area contributed by atoms with E-state index in [4.69, 9.17) is 0 Å². The SMILES string of the molecule is O=C(O)C(c1ccc(Cn2cc(C(F)(F)F)ccc2=O)cc1)C1CCCC1. The van der Waals surface area contributed by atoms with Gasteiger partial charge < -0.3 is 9.67 Å². The van der Waals surface area contributed by atoms with Crippen LogP contribution in [0.15, 0.2) is 47.4 Å². The van der Waals surface area contributed by atoms with Crippen molar-refractivity contribution in [3.63, 3.8) is 0 Å². The van der Waals surface area contributed by atoms with Crippen LogP contribution >= 0.6 is 0 Å². The maximum atomic E-state index is 12.8. The molecule has 4 nitrogen and oxygen atoms in total. The van der Waals surface area contributed by atoms with Crippen LogP contribution in [0.4, 0.5) is 13.2 Å². The number of alkyl halides is 3. The Morgan fingerprint density at radius 3 is 2.30 bits per heavy atom. The number of hydrogen-bond acceptors (Lipinski definition) is 2. The zero-order chi connectivity index (χ0) is 19.6. The van der Waals surface area contributed by atoms with Crippen molar-refractivity contribution in [1.82, 2.24) is 4.57 Å². The number of pyridine rings is 1. The lowest BCUT2D eigenvalue weighted by Gasteiger charge is -2.20. The van der Waals surface area contributed by atoms with E-state index in [1.165, 1.54) is 0 Å². The molecule has 0 spiro atoms. The Hall–Kier alpha value is -2.57. The van der Waals surface area contributed by atoms with Gasteiger partial charge in [-0.2, -0.15) is 13.2 Å². The average Bonchev–Trinajstić information content (AvgIpc) is 3.11. The van der Waals surface area contributed by atoms with Crippen molar-refractivity contribution >= 4 is 5.97 Å². The molecule has 1 saturated carbocycles. The van der Waals surface area contributed by atoms with Gasteiger partial charge >= 0.3 is 12.1 Å². The number of aromatic nitrogens is 1. The van der Waals surface area contributed by atoms with Crippen molar-refractivity contribution in [2.75, 3.05) is 0 Å². The van der Waals surface area contributed by atoms with Crippen molar-refractivity contribution in [3.05, 3.63) is 69.6 Å². The monoisotopic (exact) mass is 379 g/mol. The predicted octanol–water partition coefficient (Wildman–Crippen LogP) is 4.27. The highest BCUT2D eigenvalue weighted by atomic mass is 19.4. The molecule has 1 aliphatic carbocycles. The zero-order valence-corrected chi connectivity index (χ0v) is 14.6. The lowest BCUT2D eigenvalue weighted by molar-refractivity contribution is -0.140. The van der Waals surface area contributed by atoms with Gasteiger partial charge in [0.2, 0.25) is 0 Å². The van der Waals surface area contributed by atoms with Gasteiger partial charge in [0.1, 0.15) is 0 Å². The van der Waals surface area contributed by atoms with Gasteiger partial charge in [-0.05, 0) is 36.0 Å². The van der Waals surface area contributed by atoms with Gasteiger partial charge in [-0.1, -0.05) is 37.1 Å². The molecule has 1 unspecified atom stereocenters. The van der Waals surface area contributed by atoms with E-state index in [9.17, 15) is 27.9 Å². The Kier molecular flexibility index (Phi) is 5.39. The average molecular weight is 379 g/mol.